The van der Waals surface area contributed by atoms with Crippen LogP contribution >= 0.6 is 0 Å². The van der Waals surface area contributed by atoms with E-state index in [2.05, 4.69) is 32.9 Å². The van der Waals surface area contributed by atoms with Crippen molar-refractivity contribution in [2.75, 3.05) is 13.2 Å². The maximum Gasteiger partial charge on any atom is 0.306 e. The van der Waals surface area contributed by atoms with Gasteiger partial charge in [-0.15, -0.1) is 0 Å². The van der Waals surface area contributed by atoms with Gasteiger partial charge in [-0.3, -0.25) is 14.4 Å². The van der Waals surface area contributed by atoms with E-state index in [1.807, 2.05) is 0 Å². The van der Waals surface area contributed by atoms with Gasteiger partial charge in [0.05, 0.1) is 0 Å². The first-order valence-electron chi connectivity index (χ1n) is 32.7. The summed E-state index contributed by atoms with van der Waals surface area (Å²) in [5.41, 5.74) is 0. The monoisotopic (exact) mass is 1010 g/mol. The van der Waals surface area contributed by atoms with E-state index in [0.717, 1.165) is 64.2 Å². The molecule has 6 nitrogen and oxygen atoms in total. The molecule has 426 valence electrons. The molecule has 6 heteroatoms. The fourth-order valence-corrected chi connectivity index (χ4v) is 10.1. The number of carbonyl (C=O) groups is 3. The van der Waals surface area contributed by atoms with Gasteiger partial charge < -0.3 is 14.2 Å². The first-order valence-corrected chi connectivity index (χ1v) is 32.7. The Hall–Kier alpha value is -1.85. The maximum atomic E-state index is 12.8. The fourth-order valence-electron chi connectivity index (χ4n) is 10.1. The van der Waals surface area contributed by atoms with E-state index in [1.165, 1.54) is 270 Å². The highest BCUT2D eigenvalue weighted by Gasteiger charge is 2.19. The van der Waals surface area contributed by atoms with Crippen LogP contribution in [0.15, 0.2) is 12.2 Å². The van der Waals surface area contributed by atoms with E-state index in [9.17, 15) is 14.4 Å². The van der Waals surface area contributed by atoms with Crippen molar-refractivity contribution in [1.82, 2.24) is 0 Å². The first kappa shape index (κ1) is 70.1. The van der Waals surface area contributed by atoms with Crippen molar-refractivity contribution in [3.63, 3.8) is 0 Å². The lowest BCUT2D eigenvalue weighted by molar-refractivity contribution is -0.167. The van der Waals surface area contributed by atoms with Crippen LogP contribution in [0, 0.1) is 0 Å². The molecule has 0 amide bonds. The lowest BCUT2D eigenvalue weighted by Gasteiger charge is -2.18. The maximum absolute atomic E-state index is 12.8. The Kier molecular flexibility index (Phi) is 60.1. The van der Waals surface area contributed by atoms with Crippen molar-refractivity contribution in [2.24, 2.45) is 0 Å². The molecule has 0 N–H and O–H groups in total. The lowest BCUT2D eigenvalue weighted by atomic mass is 10.0. The Morgan fingerprint density at radius 3 is 0.708 bits per heavy atom. The molecule has 1 atom stereocenters. The normalized spacial score (nSPS) is 12.0. The number of hydrogen-bond donors (Lipinski definition) is 0. The SMILES string of the molecule is CCCCCC/C=C\CCCCCCCC(=O)OC(COC(=O)CCCCCCCCCCCCCCC)COC(=O)CCCCCCCCCCCCCCCCCCCCCCCCCCCCCC. The van der Waals surface area contributed by atoms with Gasteiger partial charge in [0, 0.05) is 19.3 Å². The molecule has 0 aromatic carbocycles. The summed E-state index contributed by atoms with van der Waals surface area (Å²) in [5.74, 6) is -0.849. The zero-order valence-electron chi connectivity index (χ0n) is 49.0. The van der Waals surface area contributed by atoms with E-state index in [1.54, 1.807) is 0 Å². The molecular weight excluding hydrogens is 889 g/mol. The summed E-state index contributed by atoms with van der Waals surface area (Å²) in [4.78, 5) is 38.2. The van der Waals surface area contributed by atoms with Gasteiger partial charge in [0.2, 0.25) is 0 Å². The molecule has 1 unspecified atom stereocenters. The Labute approximate surface area is 450 Å². The molecule has 0 aromatic rings. The molecule has 72 heavy (non-hydrogen) atoms. The van der Waals surface area contributed by atoms with E-state index in [-0.39, 0.29) is 31.1 Å². The second-order valence-electron chi connectivity index (χ2n) is 22.4. The minimum Gasteiger partial charge on any atom is -0.462 e. The van der Waals surface area contributed by atoms with Gasteiger partial charge in [0.1, 0.15) is 13.2 Å². The Morgan fingerprint density at radius 2 is 0.458 bits per heavy atom. The summed E-state index contributed by atoms with van der Waals surface area (Å²) >= 11 is 0. The van der Waals surface area contributed by atoms with Crippen LogP contribution in [0.1, 0.15) is 374 Å². The fraction of sp³-hybridized carbons (Fsp3) is 0.924. The predicted octanol–water partition coefficient (Wildman–Crippen LogP) is 22.1. The molecule has 0 saturated carbocycles. The number of hydrogen-bond acceptors (Lipinski definition) is 6. The van der Waals surface area contributed by atoms with Crippen LogP contribution in [0.4, 0.5) is 0 Å². The Morgan fingerprint density at radius 1 is 0.264 bits per heavy atom. The van der Waals surface area contributed by atoms with E-state index >= 15 is 0 Å². The van der Waals surface area contributed by atoms with Crippen molar-refractivity contribution >= 4 is 17.9 Å². The molecule has 0 heterocycles. The third-order valence-electron chi connectivity index (χ3n) is 15.0. The molecule has 0 radical (unpaired) electrons. The highest BCUT2D eigenvalue weighted by Crippen LogP contribution is 2.18. The number of unbranched alkanes of at least 4 members (excludes halogenated alkanes) is 48. The Bertz CT molecular complexity index is 1120. The van der Waals surface area contributed by atoms with Crippen molar-refractivity contribution in [3.05, 3.63) is 12.2 Å². The van der Waals surface area contributed by atoms with E-state index in [4.69, 9.17) is 14.2 Å². The summed E-state index contributed by atoms with van der Waals surface area (Å²) in [6.45, 7) is 6.69. The van der Waals surface area contributed by atoms with E-state index < -0.39 is 6.10 Å². The zero-order valence-corrected chi connectivity index (χ0v) is 49.0. The molecule has 0 fully saturated rings. The van der Waals surface area contributed by atoms with Gasteiger partial charge in [-0.1, -0.05) is 322 Å². The van der Waals surface area contributed by atoms with Crippen LogP contribution in [-0.4, -0.2) is 37.2 Å². The molecule has 0 bridgehead atoms. The number of ether oxygens (including phenoxy) is 3. The molecule has 0 saturated heterocycles. The summed E-state index contributed by atoms with van der Waals surface area (Å²) in [7, 11) is 0. The Balaban J connectivity index is 4.11. The van der Waals surface area contributed by atoms with E-state index in [0.29, 0.717) is 19.3 Å². The standard InChI is InChI=1S/C66H126O6/c1-4-7-10-13-16-19-22-25-26-27-28-29-30-31-32-33-34-35-36-37-38-39-42-44-47-50-53-56-59-65(68)71-62-63(72-66(69)60-57-54-51-48-45-41-24-21-18-15-12-9-6-3)61-70-64(67)58-55-52-49-46-43-40-23-20-17-14-11-8-5-2/h21,24,63H,4-20,22-23,25-62H2,1-3H3/b24-21-. The molecule has 0 spiro atoms. The minimum atomic E-state index is -0.769. The van der Waals surface area contributed by atoms with Gasteiger partial charge in [0.25, 0.3) is 0 Å². The zero-order chi connectivity index (χ0) is 52.2. The van der Waals surface area contributed by atoms with Crippen LogP contribution in [0.2, 0.25) is 0 Å². The molecule has 0 aliphatic carbocycles. The average Bonchev–Trinajstić information content (AvgIpc) is 3.38. The van der Waals surface area contributed by atoms with Crippen LogP contribution in [-0.2, 0) is 28.6 Å². The number of allylic oxidation sites excluding steroid dienone is 2. The van der Waals surface area contributed by atoms with Gasteiger partial charge in [0.15, 0.2) is 6.10 Å². The quantitative estimate of drug-likeness (QED) is 0.0261. The van der Waals surface area contributed by atoms with Crippen LogP contribution in [0.25, 0.3) is 0 Å². The highest BCUT2D eigenvalue weighted by molar-refractivity contribution is 5.71. The van der Waals surface area contributed by atoms with Crippen LogP contribution < -0.4 is 0 Å². The molecule has 0 aliphatic rings. The van der Waals surface area contributed by atoms with Gasteiger partial charge in [-0.2, -0.15) is 0 Å². The topological polar surface area (TPSA) is 78.9 Å². The van der Waals surface area contributed by atoms with Crippen LogP contribution in [0.3, 0.4) is 0 Å². The third kappa shape index (κ3) is 59.0. The van der Waals surface area contributed by atoms with Crippen molar-refractivity contribution in [3.8, 4) is 0 Å². The number of carbonyl (C=O) groups excluding carboxylic acids is 3. The second kappa shape index (κ2) is 61.7. The largest absolute Gasteiger partial charge is 0.462 e. The molecule has 0 rings (SSSR count). The smallest absolute Gasteiger partial charge is 0.306 e. The van der Waals surface area contributed by atoms with Crippen LogP contribution in [0.5, 0.6) is 0 Å². The first-order chi connectivity index (χ1) is 35.5. The third-order valence-corrected chi connectivity index (χ3v) is 15.0. The summed E-state index contributed by atoms with van der Waals surface area (Å²) in [5, 5.41) is 0. The summed E-state index contributed by atoms with van der Waals surface area (Å²) in [6, 6.07) is 0. The number of esters is 3. The second-order valence-corrected chi connectivity index (χ2v) is 22.4. The van der Waals surface area contributed by atoms with Gasteiger partial charge >= 0.3 is 17.9 Å². The average molecular weight is 1020 g/mol. The molecular formula is C66H126O6. The molecule has 0 aromatic heterocycles. The van der Waals surface area contributed by atoms with Crippen molar-refractivity contribution < 1.29 is 28.6 Å². The molecule has 0 aliphatic heterocycles. The predicted molar refractivity (Wildman–Crippen MR) is 312 cm³/mol. The lowest BCUT2D eigenvalue weighted by Crippen LogP contribution is -2.30. The minimum absolute atomic E-state index is 0.0672. The highest BCUT2D eigenvalue weighted by atomic mass is 16.6. The van der Waals surface area contributed by atoms with Crippen molar-refractivity contribution in [2.45, 2.75) is 380 Å². The number of rotatable bonds is 61. The van der Waals surface area contributed by atoms with Gasteiger partial charge in [-0.05, 0) is 44.9 Å². The summed E-state index contributed by atoms with van der Waals surface area (Å²) < 4.78 is 16.9. The van der Waals surface area contributed by atoms with Gasteiger partial charge in [-0.25, -0.2) is 0 Å². The summed E-state index contributed by atoms with van der Waals surface area (Å²) in [6.07, 6.45) is 72.4. The van der Waals surface area contributed by atoms with Crippen molar-refractivity contribution in [1.29, 1.82) is 0 Å².